The van der Waals surface area contributed by atoms with Crippen LogP contribution in [0, 0.1) is 13.7 Å². The third-order valence-electron chi connectivity index (χ3n) is 1.54. The molecule has 1 aromatic rings. The van der Waals surface area contributed by atoms with Crippen LogP contribution in [0.4, 0.5) is 5.69 Å². The minimum atomic E-state index is -0.507. The first-order valence-corrected chi connectivity index (χ1v) is 5.78. The molecule has 0 saturated heterocycles. The Hall–Kier alpha value is -0.500. The topological polar surface area (TPSA) is 60.2 Å². The number of rotatable bonds is 3. The molecule has 4 nitrogen and oxygen atoms in total. The van der Waals surface area contributed by atoms with Crippen molar-refractivity contribution in [3.63, 3.8) is 0 Å². The molecule has 0 radical (unpaired) electrons. The summed E-state index contributed by atoms with van der Waals surface area (Å²) >= 11 is 4.96. The van der Waals surface area contributed by atoms with E-state index in [0.717, 1.165) is 0 Å². The molecule has 0 fully saturated rings. The fraction of sp³-hybridized carbons (Fsp3) is 0.125. The highest BCUT2D eigenvalue weighted by molar-refractivity contribution is 14.1. The minimum Gasteiger partial charge on any atom is -0.293 e. The van der Waals surface area contributed by atoms with Gasteiger partial charge in [-0.3, -0.25) is 14.9 Å². The summed E-state index contributed by atoms with van der Waals surface area (Å²) in [6, 6.07) is 4.33. The van der Waals surface area contributed by atoms with Gasteiger partial charge in [-0.2, -0.15) is 0 Å². The summed E-state index contributed by atoms with van der Waals surface area (Å²) in [5, 5.41) is 10.7. The highest BCUT2D eigenvalue weighted by Gasteiger charge is 2.12. The molecule has 0 heterocycles. The van der Waals surface area contributed by atoms with E-state index in [1.54, 1.807) is 6.07 Å². The maximum atomic E-state index is 11.3. The lowest BCUT2D eigenvalue weighted by Crippen LogP contribution is -2.01. The van der Waals surface area contributed by atoms with Gasteiger partial charge >= 0.3 is 0 Å². The Morgan fingerprint density at radius 3 is 2.64 bits per heavy atom. The number of nitrogens with zero attached hydrogens (tertiary/aromatic N) is 1. The van der Waals surface area contributed by atoms with Gasteiger partial charge in [0.2, 0.25) is 0 Å². The Kier molecular flexibility index (Phi) is 3.99. The Morgan fingerprint density at radius 1 is 1.50 bits per heavy atom. The van der Waals surface area contributed by atoms with Crippen LogP contribution in [0.5, 0.6) is 0 Å². The molecule has 0 bridgehead atoms. The first-order chi connectivity index (χ1) is 6.54. The number of nitro groups is 1. The Bertz CT molecular complexity index is 394. The van der Waals surface area contributed by atoms with Crippen molar-refractivity contribution in [3.05, 3.63) is 37.4 Å². The first-order valence-electron chi connectivity index (χ1n) is 3.58. The van der Waals surface area contributed by atoms with Crippen LogP contribution in [-0.4, -0.2) is 16.0 Å². The Balaban J connectivity index is 3.20. The van der Waals surface area contributed by atoms with Crippen LogP contribution in [0.3, 0.4) is 0 Å². The quantitative estimate of drug-likeness (QED) is 0.270. The van der Waals surface area contributed by atoms with E-state index < -0.39 is 4.92 Å². The van der Waals surface area contributed by atoms with Gasteiger partial charge in [-0.25, -0.2) is 0 Å². The van der Waals surface area contributed by atoms with Gasteiger partial charge in [-0.15, -0.1) is 0 Å². The van der Waals surface area contributed by atoms with E-state index in [0.29, 0.717) is 9.13 Å². The second-order valence-electron chi connectivity index (χ2n) is 2.51. The SMILES string of the molecule is O=C(CBr)c1cc(I)cc([N+](=O)[O-])c1. The number of ketones is 1. The second kappa shape index (κ2) is 4.83. The van der Waals surface area contributed by atoms with Crippen molar-refractivity contribution in [3.8, 4) is 0 Å². The van der Waals surface area contributed by atoms with E-state index in [2.05, 4.69) is 15.9 Å². The second-order valence-corrected chi connectivity index (χ2v) is 4.32. The normalized spacial score (nSPS) is 9.86. The standard InChI is InChI=1S/C8H5BrINO3/c9-4-8(12)5-1-6(10)3-7(2-5)11(13)14/h1-3H,4H2. The number of carbonyl (C=O) groups excluding carboxylic acids is 1. The Morgan fingerprint density at radius 2 is 2.14 bits per heavy atom. The number of benzene rings is 1. The molecule has 0 atom stereocenters. The van der Waals surface area contributed by atoms with Crippen LogP contribution < -0.4 is 0 Å². The van der Waals surface area contributed by atoms with Gasteiger partial charge in [0, 0.05) is 21.3 Å². The van der Waals surface area contributed by atoms with Crippen molar-refractivity contribution < 1.29 is 9.72 Å². The summed E-state index contributed by atoms with van der Waals surface area (Å²) in [6.07, 6.45) is 0. The average Bonchev–Trinajstić information content (AvgIpc) is 2.15. The van der Waals surface area contributed by atoms with Crippen LogP contribution in [0.25, 0.3) is 0 Å². The Labute approximate surface area is 102 Å². The molecule has 14 heavy (non-hydrogen) atoms. The van der Waals surface area contributed by atoms with Crippen LogP contribution in [0.1, 0.15) is 10.4 Å². The molecule has 1 aromatic carbocycles. The highest BCUT2D eigenvalue weighted by Crippen LogP contribution is 2.19. The molecule has 0 spiro atoms. The lowest BCUT2D eigenvalue weighted by Gasteiger charge is -1.98. The maximum Gasteiger partial charge on any atom is 0.271 e. The zero-order chi connectivity index (χ0) is 10.7. The van der Waals surface area contributed by atoms with Crippen molar-refractivity contribution in [2.75, 3.05) is 5.33 Å². The fourth-order valence-corrected chi connectivity index (χ4v) is 1.90. The van der Waals surface area contributed by atoms with Gasteiger partial charge in [-0.1, -0.05) is 15.9 Å². The molecule has 0 N–H and O–H groups in total. The number of nitro benzene ring substituents is 1. The number of carbonyl (C=O) groups is 1. The largest absolute Gasteiger partial charge is 0.293 e. The number of non-ortho nitro benzene ring substituents is 1. The lowest BCUT2D eigenvalue weighted by molar-refractivity contribution is -0.385. The van der Waals surface area contributed by atoms with Crippen LogP contribution in [0.15, 0.2) is 18.2 Å². The molecule has 0 unspecified atom stereocenters. The molecule has 0 amide bonds. The van der Waals surface area contributed by atoms with Crippen molar-refractivity contribution in [2.45, 2.75) is 0 Å². The van der Waals surface area contributed by atoms with Crippen molar-refractivity contribution in [2.24, 2.45) is 0 Å². The van der Waals surface area contributed by atoms with Gasteiger partial charge in [0.05, 0.1) is 10.3 Å². The van der Waals surface area contributed by atoms with Crippen molar-refractivity contribution in [1.29, 1.82) is 0 Å². The molecular formula is C8H5BrINO3. The van der Waals surface area contributed by atoms with E-state index in [1.165, 1.54) is 12.1 Å². The molecule has 0 aromatic heterocycles. The number of alkyl halides is 1. The molecule has 0 aliphatic rings. The zero-order valence-electron chi connectivity index (χ0n) is 6.87. The highest BCUT2D eigenvalue weighted by atomic mass is 127. The first kappa shape index (κ1) is 11.6. The summed E-state index contributed by atoms with van der Waals surface area (Å²) in [6.45, 7) is 0. The molecule has 1 rings (SSSR count). The van der Waals surface area contributed by atoms with Gasteiger partial charge in [0.15, 0.2) is 5.78 Å². The van der Waals surface area contributed by atoms with E-state index in [-0.39, 0.29) is 16.8 Å². The number of hydrogen-bond donors (Lipinski definition) is 0. The number of Topliss-reactive ketones (excluding diaryl/α,β-unsaturated/α-hetero) is 1. The zero-order valence-corrected chi connectivity index (χ0v) is 10.6. The van der Waals surface area contributed by atoms with Crippen LogP contribution in [-0.2, 0) is 0 Å². The molecular weight excluding hydrogens is 365 g/mol. The monoisotopic (exact) mass is 369 g/mol. The third kappa shape index (κ3) is 2.74. The predicted molar refractivity (Wildman–Crippen MR) is 63.9 cm³/mol. The van der Waals surface area contributed by atoms with Crippen molar-refractivity contribution >= 4 is 50.0 Å². The number of hydrogen-bond acceptors (Lipinski definition) is 3. The van der Waals surface area contributed by atoms with Crippen molar-refractivity contribution in [1.82, 2.24) is 0 Å². The van der Waals surface area contributed by atoms with E-state index >= 15 is 0 Å². The summed E-state index contributed by atoms with van der Waals surface area (Å²) < 4.78 is 0.682. The summed E-state index contributed by atoms with van der Waals surface area (Å²) in [7, 11) is 0. The van der Waals surface area contributed by atoms with Gasteiger partial charge in [0.25, 0.3) is 5.69 Å². The third-order valence-corrected chi connectivity index (χ3v) is 2.67. The predicted octanol–water partition coefficient (Wildman–Crippen LogP) is 2.78. The minimum absolute atomic E-state index is 0.0544. The fourth-order valence-electron chi connectivity index (χ4n) is 0.918. The van der Waals surface area contributed by atoms with E-state index in [9.17, 15) is 14.9 Å². The van der Waals surface area contributed by atoms with Crippen LogP contribution in [0.2, 0.25) is 0 Å². The molecule has 74 valence electrons. The van der Waals surface area contributed by atoms with Gasteiger partial charge in [0.1, 0.15) is 0 Å². The number of halogens is 2. The van der Waals surface area contributed by atoms with Gasteiger partial charge in [-0.05, 0) is 28.7 Å². The summed E-state index contributed by atoms with van der Waals surface area (Å²) in [4.78, 5) is 21.3. The molecule has 0 aliphatic heterocycles. The maximum absolute atomic E-state index is 11.3. The summed E-state index contributed by atoms with van der Waals surface area (Å²) in [5.74, 6) is -0.161. The van der Waals surface area contributed by atoms with Gasteiger partial charge < -0.3 is 0 Å². The smallest absolute Gasteiger partial charge is 0.271 e. The lowest BCUT2D eigenvalue weighted by atomic mass is 10.1. The van der Waals surface area contributed by atoms with E-state index in [4.69, 9.17) is 0 Å². The average molecular weight is 370 g/mol. The van der Waals surface area contributed by atoms with E-state index in [1.807, 2.05) is 22.6 Å². The molecule has 0 saturated carbocycles. The summed E-state index contributed by atoms with van der Waals surface area (Å²) in [5.41, 5.74) is 0.307. The van der Waals surface area contributed by atoms with Crippen LogP contribution >= 0.6 is 38.5 Å². The molecule has 6 heteroatoms. The molecule has 0 aliphatic carbocycles.